The van der Waals surface area contributed by atoms with Crippen LogP contribution in [0.25, 0.3) is 0 Å². The highest BCUT2D eigenvalue weighted by Crippen LogP contribution is 2.14. The van der Waals surface area contributed by atoms with E-state index in [1.165, 1.54) is 12.3 Å². The molecule has 0 unspecified atom stereocenters. The summed E-state index contributed by atoms with van der Waals surface area (Å²) in [6.07, 6.45) is 2.94. The average Bonchev–Trinajstić information content (AvgIpc) is 3.23. The van der Waals surface area contributed by atoms with E-state index in [1.54, 1.807) is 12.3 Å². The Bertz CT molecular complexity index is 751. The molecule has 1 amide bonds. The van der Waals surface area contributed by atoms with Crippen molar-refractivity contribution >= 4 is 11.7 Å². The lowest BCUT2D eigenvalue weighted by molar-refractivity contribution is -0.134. The SMILES string of the molecule is O=C(CN1CCN(c2ccc(F)cn2)CC1)N1CCN(Cc2ccco2)CC1. The van der Waals surface area contributed by atoms with Crippen molar-refractivity contribution in [1.29, 1.82) is 0 Å². The van der Waals surface area contributed by atoms with Crippen molar-refractivity contribution in [1.82, 2.24) is 19.7 Å². The van der Waals surface area contributed by atoms with E-state index in [-0.39, 0.29) is 11.7 Å². The van der Waals surface area contributed by atoms with Gasteiger partial charge in [0, 0.05) is 52.4 Å². The zero-order valence-electron chi connectivity index (χ0n) is 16.0. The molecule has 2 aliphatic rings. The first-order chi connectivity index (χ1) is 13.7. The maximum Gasteiger partial charge on any atom is 0.236 e. The number of amides is 1. The van der Waals surface area contributed by atoms with Gasteiger partial charge in [0.2, 0.25) is 5.91 Å². The zero-order valence-corrected chi connectivity index (χ0v) is 16.0. The quantitative estimate of drug-likeness (QED) is 0.771. The van der Waals surface area contributed by atoms with Crippen molar-refractivity contribution in [3.63, 3.8) is 0 Å². The number of hydrogen-bond donors (Lipinski definition) is 0. The number of halogens is 1. The number of hydrogen-bond acceptors (Lipinski definition) is 6. The lowest BCUT2D eigenvalue weighted by atomic mass is 10.2. The second-order valence-corrected chi connectivity index (χ2v) is 7.33. The molecule has 0 saturated carbocycles. The summed E-state index contributed by atoms with van der Waals surface area (Å²) < 4.78 is 18.4. The number of aromatic nitrogens is 1. The molecule has 0 N–H and O–H groups in total. The first-order valence-corrected chi connectivity index (χ1v) is 9.79. The van der Waals surface area contributed by atoms with E-state index in [4.69, 9.17) is 4.42 Å². The number of pyridine rings is 1. The van der Waals surface area contributed by atoms with Gasteiger partial charge in [0.1, 0.15) is 17.4 Å². The fourth-order valence-corrected chi connectivity index (χ4v) is 3.76. The minimum absolute atomic E-state index is 0.200. The standard InChI is InChI=1S/C20H26FN5O2/c21-17-3-4-19(22-14-17)25-9-5-24(6-10-25)16-20(27)26-11-7-23(8-12-26)15-18-2-1-13-28-18/h1-4,13-14H,5-12,15-16H2. The molecule has 150 valence electrons. The van der Waals surface area contributed by atoms with E-state index in [2.05, 4.69) is 19.7 Å². The molecule has 2 aliphatic heterocycles. The fourth-order valence-electron chi connectivity index (χ4n) is 3.76. The van der Waals surface area contributed by atoms with E-state index < -0.39 is 0 Å². The Balaban J connectivity index is 1.19. The minimum atomic E-state index is -0.322. The molecule has 8 heteroatoms. The molecular formula is C20H26FN5O2. The van der Waals surface area contributed by atoms with E-state index in [0.717, 1.165) is 70.5 Å². The lowest BCUT2D eigenvalue weighted by Gasteiger charge is -2.38. The summed E-state index contributed by atoms with van der Waals surface area (Å²) in [4.78, 5) is 25.4. The van der Waals surface area contributed by atoms with Gasteiger partial charge in [0.15, 0.2) is 0 Å². The zero-order chi connectivity index (χ0) is 19.3. The number of piperazine rings is 2. The van der Waals surface area contributed by atoms with Crippen molar-refractivity contribution in [3.05, 3.63) is 48.3 Å². The lowest BCUT2D eigenvalue weighted by Crippen LogP contribution is -2.53. The normalized spacial score (nSPS) is 19.2. The first kappa shape index (κ1) is 18.9. The van der Waals surface area contributed by atoms with Gasteiger partial charge in [0.05, 0.1) is 25.5 Å². The molecule has 28 heavy (non-hydrogen) atoms. The summed E-state index contributed by atoms with van der Waals surface area (Å²) >= 11 is 0. The van der Waals surface area contributed by atoms with E-state index in [0.29, 0.717) is 6.54 Å². The third-order valence-electron chi connectivity index (χ3n) is 5.45. The molecule has 2 saturated heterocycles. The van der Waals surface area contributed by atoms with E-state index >= 15 is 0 Å². The largest absolute Gasteiger partial charge is 0.468 e. The van der Waals surface area contributed by atoms with Gasteiger partial charge >= 0.3 is 0 Å². The van der Waals surface area contributed by atoms with Crippen LogP contribution in [0.2, 0.25) is 0 Å². The molecule has 2 aromatic heterocycles. The van der Waals surface area contributed by atoms with Gasteiger partial charge < -0.3 is 14.2 Å². The molecule has 7 nitrogen and oxygen atoms in total. The van der Waals surface area contributed by atoms with Crippen LogP contribution >= 0.6 is 0 Å². The van der Waals surface area contributed by atoms with Crippen molar-refractivity contribution in [2.75, 3.05) is 63.8 Å². The third kappa shape index (κ3) is 4.69. The highest BCUT2D eigenvalue weighted by atomic mass is 19.1. The highest BCUT2D eigenvalue weighted by Gasteiger charge is 2.25. The summed E-state index contributed by atoms with van der Waals surface area (Å²) in [5, 5.41) is 0. The summed E-state index contributed by atoms with van der Waals surface area (Å²) in [5.41, 5.74) is 0. The van der Waals surface area contributed by atoms with Crippen LogP contribution in [0, 0.1) is 5.82 Å². The monoisotopic (exact) mass is 387 g/mol. The van der Waals surface area contributed by atoms with Crippen molar-refractivity contribution in [2.45, 2.75) is 6.54 Å². The Morgan fingerprint density at radius 3 is 2.39 bits per heavy atom. The van der Waals surface area contributed by atoms with Gasteiger partial charge in [-0.05, 0) is 24.3 Å². The van der Waals surface area contributed by atoms with Gasteiger partial charge in [-0.15, -0.1) is 0 Å². The van der Waals surface area contributed by atoms with Crippen LogP contribution in [0.1, 0.15) is 5.76 Å². The van der Waals surface area contributed by atoms with E-state index in [1.807, 2.05) is 17.0 Å². The Labute approximate surface area is 164 Å². The number of nitrogens with zero attached hydrogens (tertiary/aromatic N) is 5. The maximum absolute atomic E-state index is 13.0. The second kappa shape index (κ2) is 8.70. The molecule has 0 bridgehead atoms. The van der Waals surface area contributed by atoms with Gasteiger partial charge in [-0.3, -0.25) is 14.6 Å². The van der Waals surface area contributed by atoms with Crippen molar-refractivity contribution in [3.8, 4) is 0 Å². The molecular weight excluding hydrogens is 361 g/mol. The fraction of sp³-hybridized carbons (Fsp3) is 0.500. The number of furan rings is 1. The van der Waals surface area contributed by atoms with Crippen LogP contribution in [-0.4, -0.2) is 84.5 Å². The molecule has 0 atom stereocenters. The minimum Gasteiger partial charge on any atom is -0.468 e. The van der Waals surface area contributed by atoms with Crippen molar-refractivity contribution < 1.29 is 13.6 Å². The molecule has 0 aromatic carbocycles. The number of anilines is 1. The molecule has 2 fully saturated rings. The molecule has 0 spiro atoms. The number of carbonyl (C=O) groups excluding carboxylic acids is 1. The Hall–Kier alpha value is -2.45. The summed E-state index contributed by atoms with van der Waals surface area (Å²) in [6, 6.07) is 7.03. The van der Waals surface area contributed by atoms with Crippen LogP contribution in [0.15, 0.2) is 41.1 Å². The van der Waals surface area contributed by atoms with E-state index in [9.17, 15) is 9.18 Å². The Morgan fingerprint density at radius 1 is 1.00 bits per heavy atom. The molecule has 0 radical (unpaired) electrons. The van der Waals surface area contributed by atoms with Crippen molar-refractivity contribution in [2.24, 2.45) is 0 Å². The third-order valence-corrected chi connectivity index (χ3v) is 5.45. The second-order valence-electron chi connectivity index (χ2n) is 7.33. The Kier molecular flexibility index (Phi) is 5.87. The van der Waals surface area contributed by atoms with Gasteiger partial charge in [-0.25, -0.2) is 9.37 Å². The van der Waals surface area contributed by atoms with Crippen LogP contribution in [0.4, 0.5) is 10.2 Å². The predicted octanol–water partition coefficient (Wildman–Crippen LogP) is 1.28. The van der Waals surface area contributed by atoms with Gasteiger partial charge in [-0.2, -0.15) is 0 Å². The van der Waals surface area contributed by atoms with Gasteiger partial charge in [0.25, 0.3) is 0 Å². The highest BCUT2D eigenvalue weighted by molar-refractivity contribution is 5.78. The number of rotatable bonds is 5. The molecule has 0 aliphatic carbocycles. The first-order valence-electron chi connectivity index (χ1n) is 9.79. The van der Waals surface area contributed by atoms with Gasteiger partial charge in [-0.1, -0.05) is 0 Å². The van der Waals surface area contributed by atoms with Crippen LogP contribution in [-0.2, 0) is 11.3 Å². The average molecular weight is 387 g/mol. The summed E-state index contributed by atoms with van der Waals surface area (Å²) in [5.74, 6) is 1.64. The maximum atomic E-state index is 13.0. The molecule has 2 aromatic rings. The smallest absolute Gasteiger partial charge is 0.236 e. The summed E-state index contributed by atoms with van der Waals surface area (Å²) in [6.45, 7) is 7.74. The molecule has 4 rings (SSSR count). The number of carbonyl (C=O) groups is 1. The van der Waals surface area contributed by atoms with Crippen LogP contribution in [0.3, 0.4) is 0 Å². The Morgan fingerprint density at radius 2 is 1.75 bits per heavy atom. The van der Waals surface area contributed by atoms with Crippen LogP contribution < -0.4 is 4.90 Å². The van der Waals surface area contributed by atoms with Crippen LogP contribution in [0.5, 0.6) is 0 Å². The summed E-state index contributed by atoms with van der Waals surface area (Å²) in [7, 11) is 0. The predicted molar refractivity (Wildman–Crippen MR) is 103 cm³/mol. The topological polar surface area (TPSA) is 56.1 Å². The molecule has 4 heterocycles.